The van der Waals surface area contributed by atoms with Crippen LogP contribution in [0.1, 0.15) is 71.4 Å². The van der Waals surface area contributed by atoms with Gasteiger partial charge >= 0.3 is 6.09 Å². The van der Waals surface area contributed by atoms with Crippen molar-refractivity contribution in [3.63, 3.8) is 0 Å². The van der Waals surface area contributed by atoms with Gasteiger partial charge in [-0.15, -0.1) is 0 Å². The lowest BCUT2D eigenvalue weighted by Gasteiger charge is -2.19. The highest BCUT2D eigenvalue weighted by Crippen LogP contribution is 2.17. The first-order valence-electron chi connectivity index (χ1n) is 9.92. The fourth-order valence-electron chi connectivity index (χ4n) is 2.68. The van der Waals surface area contributed by atoms with E-state index in [-0.39, 0.29) is 11.8 Å². The predicted octanol–water partition coefficient (Wildman–Crippen LogP) is 4.41. The maximum atomic E-state index is 12.3. The molecule has 2 amide bonds. The lowest BCUT2D eigenvalue weighted by molar-refractivity contribution is -0.122. The summed E-state index contributed by atoms with van der Waals surface area (Å²) < 4.78 is 5.17. The molecule has 0 aliphatic rings. The predicted molar refractivity (Wildman–Crippen MR) is 110 cm³/mol. The number of hydrogen-bond acceptors (Lipinski definition) is 3. The largest absolute Gasteiger partial charge is 0.444 e. The van der Waals surface area contributed by atoms with Crippen LogP contribution in [0.4, 0.5) is 4.79 Å². The molecular weight excluding hydrogens is 340 g/mol. The Bertz CT molecular complexity index is 589. The van der Waals surface area contributed by atoms with Crippen LogP contribution in [0.3, 0.4) is 0 Å². The van der Waals surface area contributed by atoms with Gasteiger partial charge < -0.3 is 15.4 Å². The first-order chi connectivity index (χ1) is 12.6. The minimum atomic E-state index is -0.485. The molecule has 0 aromatic heterocycles. The Hall–Kier alpha value is -2.04. The number of unbranched alkanes of at least 4 members (excludes halogenated alkanes) is 1. The summed E-state index contributed by atoms with van der Waals surface area (Å²) >= 11 is 0. The first-order valence-corrected chi connectivity index (χ1v) is 9.92. The second kappa shape index (κ2) is 11.0. The van der Waals surface area contributed by atoms with Crippen molar-refractivity contribution >= 4 is 12.0 Å². The van der Waals surface area contributed by atoms with Gasteiger partial charge in [-0.1, -0.05) is 38.1 Å². The van der Waals surface area contributed by atoms with Crippen molar-refractivity contribution in [1.82, 2.24) is 10.6 Å². The van der Waals surface area contributed by atoms with Crippen molar-refractivity contribution in [3.8, 4) is 0 Å². The van der Waals surface area contributed by atoms with Gasteiger partial charge in [0.05, 0.1) is 5.92 Å². The Morgan fingerprint density at radius 1 is 0.963 bits per heavy atom. The van der Waals surface area contributed by atoms with Gasteiger partial charge in [0.1, 0.15) is 5.60 Å². The van der Waals surface area contributed by atoms with Crippen molar-refractivity contribution in [2.24, 2.45) is 5.92 Å². The zero-order chi connectivity index (χ0) is 20.4. The normalized spacial score (nSPS) is 12.6. The highest BCUT2D eigenvalue weighted by molar-refractivity contribution is 5.83. The molecule has 1 aromatic rings. The van der Waals surface area contributed by atoms with Crippen LogP contribution in [0.2, 0.25) is 0 Å². The molecule has 27 heavy (non-hydrogen) atoms. The van der Waals surface area contributed by atoms with Crippen molar-refractivity contribution < 1.29 is 14.3 Å². The number of nitrogens with one attached hydrogen (secondary N) is 2. The maximum Gasteiger partial charge on any atom is 0.407 e. The number of alkyl carbamates (subject to hydrolysis) is 1. The van der Waals surface area contributed by atoms with Crippen LogP contribution in [0, 0.1) is 5.92 Å². The molecule has 0 fully saturated rings. The highest BCUT2D eigenvalue weighted by Gasteiger charge is 2.16. The molecule has 5 heteroatoms. The molecule has 0 unspecified atom stereocenters. The summed E-state index contributed by atoms with van der Waals surface area (Å²) in [5.41, 5.74) is 1.85. The van der Waals surface area contributed by atoms with E-state index < -0.39 is 11.7 Å². The lowest BCUT2D eigenvalue weighted by Crippen LogP contribution is -2.33. The topological polar surface area (TPSA) is 67.4 Å². The van der Waals surface area contributed by atoms with Crippen LogP contribution in [0.25, 0.3) is 0 Å². The Balaban J connectivity index is 2.25. The molecule has 0 saturated heterocycles. The standard InChI is InChI=1S/C22H36N2O3/c1-16(2)15-18-9-11-19(12-10-18)17(3)20(25)23-13-7-8-14-24-21(26)27-22(4,5)6/h9-12,16-17H,7-8,13-15H2,1-6H3,(H,23,25)(H,24,26)/t17-/m0/s1. The Kier molecular flexibility index (Phi) is 9.33. The van der Waals surface area contributed by atoms with Gasteiger partial charge in [0.2, 0.25) is 5.91 Å². The van der Waals surface area contributed by atoms with Crippen LogP contribution >= 0.6 is 0 Å². The van der Waals surface area contributed by atoms with Gasteiger partial charge in [0.25, 0.3) is 0 Å². The van der Waals surface area contributed by atoms with Gasteiger partial charge in [0, 0.05) is 13.1 Å². The SMILES string of the molecule is CC(C)Cc1ccc([C@H](C)C(=O)NCCCCNC(=O)OC(C)(C)C)cc1. The van der Waals surface area contributed by atoms with E-state index in [2.05, 4.69) is 36.6 Å². The number of amides is 2. The highest BCUT2D eigenvalue weighted by atomic mass is 16.6. The number of ether oxygens (including phenoxy) is 1. The number of carbonyl (C=O) groups is 2. The van der Waals surface area contributed by atoms with Crippen molar-refractivity contribution in [3.05, 3.63) is 35.4 Å². The molecular formula is C22H36N2O3. The smallest absolute Gasteiger partial charge is 0.407 e. The molecule has 0 heterocycles. The number of hydrogen-bond donors (Lipinski definition) is 2. The molecule has 152 valence electrons. The van der Waals surface area contributed by atoms with Gasteiger partial charge in [0.15, 0.2) is 0 Å². The summed E-state index contributed by atoms with van der Waals surface area (Å²) in [7, 11) is 0. The minimum absolute atomic E-state index is 0.0340. The summed E-state index contributed by atoms with van der Waals surface area (Å²) in [5, 5.41) is 5.69. The average Bonchev–Trinajstić information content (AvgIpc) is 2.55. The summed E-state index contributed by atoms with van der Waals surface area (Å²) in [6.45, 7) is 13.0. The van der Waals surface area contributed by atoms with Gasteiger partial charge in [-0.05, 0) is 64.0 Å². The van der Waals surface area contributed by atoms with Crippen molar-refractivity contribution in [2.45, 2.75) is 72.3 Å². The minimum Gasteiger partial charge on any atom is -0.444 e. The summed E-state index contributed by atoms with van der Waals surface area (Å²) in [5.74, 6) is 0.492. The van der Waals surface area contributed by atoms with E-state index in [1.165, 1.54) is 5.56 Å². The second-order valence-corrected chi connectivity index (χ2v) is 8.49. The fourth-order valence-corrected chi connectivity index (χ4v) is 2.68. The number of benzene rings is 1. The average molecular weight is 377 g/mol. The van der Waals surface area contributed by atoms with E-state index in [1.807, 2.05) is 39.8 Å². The van der Waals surface area contributed by atoms with Crippen LogP contribution in [-0.2, 0) is 16.0 Å². The number of carbonyl (C=O) groups excluding carboxylic acids is 2. The van der Waals surface area contributed by atoms with E-state index in [9.17, 15) is 9.59 Å². The zero-order valence-electron chi connectivity index (χ0n) is 17.7. The van der Waals surface area contributed by atoms with Crippen molar-refractivity contribution in [2.75, 3.05) is 13.1 Å². The fraction of sp³-hybridized carbons (Fsp3) is 0.636. The van der Waals surface area contributed by atoms with Crippen LogP contribution in [-0.4, -0.2) is 30.7 Å². The number of rotatable bonds is 9. The molecule has 5 nitrogen and oxygen atoms in total. The molecule has 0 bridgehead atoms. The molecule has 0 aliphatic carbocycles. The van der Waals surface area contributed by atoms with E-state index >= 15 is 0 Å². The zero-order valence-corrected chi connectivity index (χ0v) is 17.7. The quantitative estimate of drug-likeness (QED) is 0.627. The monoisotopic (exact) mass is 376 g/mol. The summed E-state index contributed by atoms with van der Waals surface area (Å²) in [6.07, 6.45) is 2.25. The van der Waals surface area contributed by atoms with Crippen LogP contribution < -0.4 is 10.6 Å². The van der Waals surface area contributed by atoms with E-state index in [0.29, 0.717) is 19.0 Å². The Morgan fingerprint density at radius 3 is 2.04 bits per heavy atom. The van der Waals surface area contributed by atoms with Gasteiger partial charge in [-0.25, -0.2) is 4.79 Å². The van der Waals surface area contributed by atoms with Gasteiger partial charge in [-0.3, -0.25) is 4.79 Å². The van der Waals surface area contributed by atoms with Crippen molar-refractivity contribution in [1.29, 1.82) is 0 Å². The van der Waals surface area contributed by atoms with E-state index in [0.717, 1.165) is 24.8 Å². The molecule has 0 radical (unpaired) electrons. The Labute approximate surface area is 164 Å². The molecule has 1 rings (SSSR count). The lowest BCUT2D eigenvalue weighted by atomic mass is 9.96. The summed E-state index contributed by atoms with van der Waals surface area (Å²) in [6, 6.07) is 8.32. The molecule has 0 aliphatic heterocycles. The third-order valence-electron chi connectivity index (χ3n) is 4.09. The molecule has 0 spiro atoms. The second-order valence-electron chi connectivity index (χ2n) is 8.49. The van der Waals surface area contributed by atoms with Crippen LogP contribution in [0.5, 0.6) is 0 Å². The van der Waals surface area contributed by atoms with E-state index in [1.54, 1.807) is 0 Å². The van der Waals surface area contributed by atoms with E-state index in [4.69, 9.17) is 4.74 Å². The van der Waals surface area contributed by atoms with Gasteiger partial charge in [-0.2, -0.15) is 0 Å². The van der Waals surface area contributed by atoms with Crippen LogP contribution in [0.15, 0.2) is 24.3 Å². The third kappa shape index (κ3) is 10.0. The molecule has 0 saturated carbocycles. The third-order valence-corrected chi connectivity index (χ3v) is 4.09. The molecule has 1 aromatic carbocycles. The first kappa shape index (κ1) is 23.0. The Morgan fingerprint density at radius 2 is 1.52 bits per heavy atom. The maximum absolute atomic E-state index is 12.3. The summed E-state index contributed by atoms with van der Waals surface area (Å²) in [4.78, 5) is 23.8. The molecule has 2 N–H and O–H groups in total. The molecule has 1 atom stereocenters.